The van der Waals surface area contributed by atoms with E-state index in [1.807, 2.05) is 13.8 Å². The van der Waals surface area contributed by atoms with Crippen molar-refractivity contribution in [2.24, 2.45) is 5.73 Å². The van der Waals surface area contributed by atoms with Crippen molar-refractivity contribution in [2.45, 2.75) is 19.4 Å². The molecule has 100 valence electrons. The minimum atomic E-state index is -0.454. The van der Waals surface area contributed by atoms with Crippen molar-refractivity contribution in [2.75, 3.05) is 13.2 Å². The maximum absolute atomic E-state index is 11.6. The fourth-order valence-corrected chi connectivity index (χ4v) is 1.66. The number of nitrogens with one attached hydrogen (secondary N) is 1. The first-order valence-corrected chi connectivity index (χ1v) is 6.18. The summed E-state index contributed by atoms with van der Waals surface area (Å²) in [6.07, 6.45) is 0. The Labute approximate surface area is 116 Å². The molecule has 0 unspecified atom stereocenters. The summed E-state index contributed by atoms with van der Waals surface area (Å²) in [7, 11) is 0. The molecule has 1 amide bonds. The van der Waals surface area contributed by atoms with E-state index in [4.69, 9.17) is 33.7 Å². The summed E-state index contributed by atoms with van der Waals surface area (Å²) < 4.78 is 5.30. The summed E-state index contributed by atoms with van der Waals surface area (Å²) in [5.74, 6) is 0.165. The highest BCUT2D eigenvalue weighted by atomic mass is 35.5. The lowest BCUT2D eigenvalue weighted by Gasteiger charge is -2.24. The first-order chi connectivity index (χ1) is 8.34. The van der Waals surface area contributed by atoms with Gasteiger partial charge in [-0.25, -0.2) is 0 Å². The van der Waals surface area contributed by atoms with E-state index < -0.39 is 5.54 Å². The zero-order valence-corrected chi connectivity index (χ0v) is 11.8. The van der Waals surface area contributed by atoms with Gasteiger partial charge in [-0.15, -0.1) is 0 Å². The Morgan fingerprint density at radius 2 is 2.11 bits per heavy atom. The molecule has 0 spiro atoms. The van der Waals surface area contributed by atoms with Crippen LogP contribution in [0.25, 0.3) is 0 Å². The Morgan fingerprint density at radius 1 is 1.44 bits per heavy atom. The van der Waals surface area contributed by atoms with Crippen molar-refractivity contribution in [3.05, 3.63) is 28.2 Å². The van der Waals surface area contributed by atoms with Crippen LogP contribution in [0.1, 0.15) is 13.8 Å². The molecular formula is C12H16Cl2N2O2. The minimum absolute atomic E-state index is 0.120. The number of nitrogens with two attached hydrogens (primary N) is 1. The first-order valence-electron chi connectivity index (χ1n) is 5.43. The molecule has 0 heterocycles. The van der Waals surface area contributed by atoms with Gasteiger partial charge in [-0.1, -0.05) is 23.2 Å². The first kappa shape index (κ1) is 15.1. The van der Waals surface area contributed by atoms with Gasteiger partial charge in [0.25, 0.3) is 5.91 Å². The molecule has 0 radical (unpaired) electrons. The minimum Gasteiger partial charge on any atom is -0.482 e. The molecule has 0 fully saturated rings. The third-order valence-electron chi connectivity index (χ3n) is 2.24. The van der Waals surface area contributed by atoms with E-state index in [9.17, 15) is 4.79 Å². The molecule has 3 N–H and O–H groups in total. The summed E-state index contributed by atoms with van der Waals surface area (Å²) in [5.41, 5.74) is 5.06. The summed E-state index contributed by atoms with van der Waals surface area (Å²) in [6, 6.07) is 4.82. The molecule has 1 rings (SSSR count). The van der Waals surface area contributed by atoms with Crippen LogP contribution in [0.2, 0.25) is 10.0 Å². The van der Waals surface area contributed by atoms with Crippen LogP contribution in [0, 0.1) is 0 Å². The van der Waals surface area contributed by atoms with E-state index in [2.05, 4.69) is 5.32 Å². The molecule has 0 saturated heterocycles. The van der Waals surface area contributed by atoms with Gasteiger partial charge in [-0.05, 0) is 32.0 Å². The maximum Gasteiger partial charge on any atom is 0.258 e. The number of halogens is 2. The highest BCUT2D eigenvalue weighted by Crippen LogP contribution is 2.27. The molecule has 6 heteroatoms. The van der Waals surface area contributed by atoms with Gasteiger partial charge in [-0.3, -0.25) is 4.79 Å². The van der Waals surface area contributed by atoms with Gasteiger partial charge < -0.3 is 15.8 Å². The van der Waals surface area contributed by atoms with Crippen LogP contribution in [0.4, 0.5) is 0 Å². The van der Waals surface area contributed by atoms with E-state index in [-0.39, 0.29) is 12.5 Å². The maximum atomic E-state index is 11.6. The fourth-order valence-electron chi connectivity index (χ4n) is 1.20. The Kier molecular flexibility index (Phi) is 5.26. The highest BCUT2D eigenvalue weighted by Gasteiger charge is 2.18. The predicted octanol–water partition coefficient (Wildman–Crippen LogP) is 2.23. The standard InChI is InChI=1S/C12H16Cl2N2O2/c1-12(2,7-15)16-11(17)6-18-10-4-3-8(13)5-9(10)14/h3-5H,6-7,15H2,1-2H3,(H,16,17). The van der Waals surface area contributed by atoms with E-state index in [1.165, 1.54) is 0 Å². The zero-order chi connectivity index (χ0) is 13.8. The van der Waals surface area contributed by atoms with Crippen LogP contribution in [-0.2, 0) is 4.79 Å². The number of hydrogen-bond acceptors (Lipinski definition) is 3. The number of amides is 1. The molecule has 0 bridgehead atoms. The molecular weight excluding hydrogens is 275 g/mol. The van der Waals surface area contributed by atoms with Crippen LogP contribution >= 0.6 is 23.2 Å². The molecule has 0 saturated carbocycles. The van der Waals surface area contributed by atoms with E-state index >= 15 is 0 Å². The molecule has 1 aromatic rings. The normalized spacial score (nSPS) is 11.2. The zero-order valence-electron chi connectivity index (χ0n) is 10.3. The quantitative estimate of drug-likeness (QED) is 0.874. The summed E-state index contributed by atoms with van der Waals surface area (Å²) in [6.45, 7) is 3.89. The van der Waals surface area contributed by atoms with Crippen LogP contribution in [0.15, 0.2) is 18.2 Å². The second kappa shape index (κ2) is 6.27. The molecule has 0 atom stereocenters. The monoisotopic (exact) mass is 290 g/mol. The Hall–Kier alpha value is -0.970. The van der Waals surface area contributed by atoms with Crippen LogP contribution in [-0.4, -0.2) is 24.6 Å². The van der Waals surface area contributed by atoms with Crippen molar-refractivity contribution in [1.29, 1.82) is 0 Å². The second-order valence-corrected chi connectivity index (χ2v) is 5.34. The summed E-state index contributed by atoms with van der Waals surface area (Å²) in [4.78, 5) is 11.6. The number of hydrogen-bond donors (Lipinski definition) is 2. The average molecular weight is 291 g/mol. The SMILES string of the molecule is CC(C)(CN)NC(=O)COc1ccc(Cl)cc1Cl. The predicted molar refractivity (Wildman–Crippen MR) is 73.2 cm³/mol. The molecule has 0 aromatic heterocycles. The van der Waals surface area contributed by atoms with Gasteiger partial charge in [0.1, 0.15) is 5.75 Å². The lowest BCUT2D eigenvalue weighted by atomic mass is 10.1. The number of carbonyl (C=O) groups excluding carboxylic acids is 1. The van der Waals surface area contributed by atoms with E-state index in [1.54, 1.807) is 18.2 Å². The van der Waals surface area contributed by atoms with Gasteiger partial charge in [0.05, 0.1) is 5.02 Å². The highest BCUT2D eigenvalue weighted by molar-refractivity contribution is 6.35. The summed E-state index contributed by atoms with van der Waals surface area (Å²) in [5, 5.41) is 3.63. The van der Waals surface area contributed by atoms with Crippen LogP contribution in [0.3, 0.4) is 0 Å². The van der Waals surface area contributed by atoms with Gasteiger partial charge in [0.15, 0.2) is 6.61 Å². The Balaban J connectivity index is 2.53. The molecule has 4 nitrogen and oxygen atoms in total. The third kappa shape index (κ3) is 4.72. The van der Waals surface area contributed by atoms with Crippen molar-refractivity contribution in [3.63, 3.8) is 0 Å². The molecule has 1 aromatic carbocycles. The lowest BCUT2D eigenvalue weighted by molar-refractivity contribution is -0.124. The van der Waals surface area contributed by atoms with Crippen LogP contribution in [0.5, 0.6) is 5.75 Å². The number of rotatable bonds is 5. The van der Waals surface area contributed by atoms with Gasteiger partial charge in [0, 0.05) is 17.1 Å². The number of carbonyl (C=O) groups is 1. The van der Waals surface area contributed by atoms with Crippen molar-refractivity contribution in [3.8, 4) is 5.75 Å². The smallest absolute Gasteiger partial charge is 0.258 e. The van der Waals surface area contributed by atoms with E-state index in [0.717, 1.165) is 0 Å². The largest absolute Gasteiger partial charge is 0.482 e. The Morgan fingerprint density at radius 3 is 2.67 bits per heavy atom. The van der Waals surface area contributed by atoms with Crippen molar-refractivity contribution < 1.29 is 9.53 Å². The molecule has 18 heavy (non-hydrogen) atoms. The van der Waals surface area contributed by atoms with Crippen molar-refractivity contribution >= 4 is 29.1 Å². The Bertz CT molecular complexity index is 436. The lowest BCUT2D eigenvalue weighted by Crippen LogP contribution is -2.50. The molecule has 0 aliphatic rings. The number of ether oxygens (including phenoxy) is 1. The van der Waals surface area contributed by atoms with E-state index in [0.29, 0.717) is 22.3 Å². The van der Waals surface area contributed by atoms with Crippen LogP contribution < -0.4 is 15.8 Å². The summed E-state index contributed by atoms with van der Waals surface area (Å²) >= 11 is 11.7. The fraction of sp³-hybridized carbons (Fsp3) is 0.417. The number of benzene rings is 1. The van der Waals surface area contributed by atoms with Gasteiger partial charge in [0.2, 0.25) is 0 Å². The topological polar surface area (TPSA) is 64.3 Å². The second-order valence-electron chi connectivity index (χ2n) is 4.50. The van der Waals surface area contributed by atoms with Gasteiger partial charge in [-0.2, -0.15) is 0 Å². The average Bonchev–Trinajstić information content (AvgIpc) is 2.27. The van der Waals surface area contributed by atoms with Crippen molar-refractivity contribution in [1.82, 2.24) is 5.32 Å². The molecule has 0 aliphatic carbocycles. The molecule has 0 aliphatic heterocycles. The third-order valence-corrected chi connectivity index (χ3v) is 2.77. The van der Waals surface area contributed by atoms with Gasteiger partial charge >= 0.3 is 0 Å².